The maximum Gasteiger partial charge on any atom is 0.267 e. The van der Waals surface area contributed by atoms with Crippen molar-refractivity contribution in [2.24, 2.45) is 0 Å². The van der Waals surface area contributed by atoms with Crippen molar-refractivity contribution in [2.45, 2.75) is 25.7 Å². The fourth-order valence-corrected chi connectivity index (χ4v) is 0.952. The molecule has 0 saturated carbocycles. The Kier molecular flexibility index (Phi) is 1.45. The first-order valence-corrected chi connectivity index (χ1v) is 3.18. The summed E-state index contributed by atoms with van der Waals surface area (Å²) in [7, 11) is 1.66. The molecular weight excluding hydrogens is 132 g/mol. The van der Waals surface area contributed by atoms with E-state index in [-0.39, 0.29) is 5.91 Å². The molecule has 1 rings (SSSR count). The second-order valence-corrected chi connectivity index (χ2v) is 3.00. The molecule has 1 atom stereocenters. The molecular formula is C6H12N2O2. The minimum atomic E-state index is -1.03. The summed E-state index contributed by atoms with van der Waals surface area (Å²) in [5.41, 5.74) is -0.420. The van der Waals surface area contributed by atoms with E-state index in [0.717, 1.165) is 0 Å². The fraction of sp³-hybridized carbons (Fsp3) is 0.833. The van der Waals surface area contributed by atoms with Gasteiger partial charge in [0.05, 0.1) is 5.66 Å². The molecule has 1 aliphatic heterocycles. The van der Waals surface area contributed by atoms with Gasteiger partial charge < -0.3 is 10.0 Å². The van der Waals surface area contributed by atoms with Gasteiger partial charge in [-0.2, -0.15) is 0 Å². The third-order valence-electron chi connectivity index (χ3n) is 1.89. The van der Waals surface area contributed by atoms with Crippen LogP contribution in [0, 0.1) is 0 Å². The Labute approximate surface area is 59.8 Å². The van der Waals surface area contributed by atoms with Crippen molar-refractivity contribution < 1.29 is 9.90 Å². The number of aliphatic hydroxyl groups excluding tert-OH is 1. The van der Waals surface area contributed by atoms with E-state index in [9.17, 15) is 4.79 Å². The largest absolute Gasteiger partial charge is 0.370 e. The molecule has 1 saturated heterocycles. The van der Waals surface area contributed by atoms with Crippen LogP contribution in [0.4, 0.5) is 0 Å². The molecule has 0 aromatic rings. The number of likely N-dealkylation sites (N-methyl/N-ethyl adjacent to an activating group) is 1. The van der Waals surface area contributed by atoms with E-state index in [4.69, 9.17) is 5.11 Å². The molecule has 0 radical (unpaired) electrons. The first-order chi connectivity index (χ1) is 4.45. The number of hydrogen-bond acceptors (Lipinski definition) is 3. The van der Waals surface area contributed by atoms with Gasteiger partial charge >= 0.3 is 0 Å². The number of rotatable bonds is 0. The Morgan fingerprint density at radius 1 is 1.70 bits per heavy atom. The molecule has 0 bridgehead atoms. The van der Waals surface area contributed by atoms with Gasteiger partial charge in [0, 0.05) is 7.05 Å². The Balaban J connectivity index is 2.81. The Morgan fingerprint density at radius 3 is 2.30 bits per heavy atom. The number of hydrogen-bond donors (Lipinski definition) is 2. The van der Waals surface area contributed by atoms with Crippen LogP contribution in [-0.4, -0.2) is 34.9 Å². The minimum Gasteiger partial charge on any atom is -0.370 e. The summed E-state index contributed by atoms with van der Waals surface area (Å²) in [5, 5.41) is 11.7. The second kappa shape index (κ2) is 1.93. The van der Waals surface area contributed by atoms with Crippen molar-refractivity contribution in [3.63, 3.8) is 0 Å². The number of carbonyl (C=O) groups excluding carboxylic acids is 1. The average molecular weight is 144 g/mol. The molecule has 0 spiro atoms. The van der Waals surface area contributed by atoms with E-state index >= 15 is 0 Å². The summed E-state index contributed by atoms with van der Waals surface area (Å²) in [6, 6.07) is 0. The summed E-state index contributed by atoms with van der Waals surface area (Å²) < 4.78 is 0. The van der Waals surface area contributed by atoms with E-state index in [1.54, 1.807) is 7.05 Å². The summed E-state index contributed by atoms with van der Waals surface area (Å²) in [5.74, 6) is -0.273. The molecule has 0 aliphatic carbocycles. The third kappa shape index (κ3) is 0.892. The van der Waals surface area contributed by atoms with E-state index in [1.807, 2.05) is 13.8 Å². The Morgan fingerprint density at radius 2 is 2.20 bits per heavy atom. The first-order valence-electron chi connectivity index (χ1n) is 3.18. The lowest BCUT2D eigenvalue weighted by atomic mass is 10.2. The highest BCUT2D eigenvalue weighted by Crippen LogP contribution is 2.16. The Bertz CT molecular complexity index is 167. The van der Waals surface area contributed by atoms with E-state index in [2.05, 4.69) is 5.32 Å². The number of nitrogens with zero attached hydrogens (tertiary/aromatic N) is 1. The summed E-state index contributed by atoms with van der Waals surface area (Å²) in [4.78, 5) is 12.4. The van der Waals surface area contributed by atoms with E-state index in [0.29, 0.717) is 0 Å². The number of nitrogens with one attached hydrogen (secondary N) is 1. The molecule has 0 aromatic carbocycles. The van der Waals surface area contributed by atoms with Crippen LogP contribution in [-0.2, 0) is 4.79 Å². The van der Waals surface area contributed by atoms with Crippen molar-refractivity contribution in [1.29, 1.82) is 0 Å². The molecule has 10 heavy (non-hydrogen) atoms. The van der Waals surface area contributed by atoms with Crippen LogP contribution in [0.1, 0.15) is 13.8 Å². The lowest BCUT2D eigenvalue weighted by molar-refractivity contribution is -0.135. The first kappa shape index (κ1) is 7.50. The molecule has 2 N–H and O–H groups in total. The van der Waals surface area contributed by atoms with Gasteiger partial charge in [-0.25, -0.2) is 0 Å². The van der Waals surface area contributed by atoms with Crippen LogP contribution in [0.3, 0.4) is 0 Å². The minimum absolute atomic E-state index is 0.273. The van der Waals surface area contributed by atoms with Gasteiger partial charge in [0.25, 0.3) is 5.91 Å². The van der Waals surface area contributed by atoms with Crippen LogP contribution in [0.2, 0.25) is 0 Å². The summed E-state index contributed by atoms with van der Waals surface area (Å²) >= 11 is 0. The van der Waals surface area contributed by atoms with Crippen LogP contribution in [0.5, 0.6) is 0 Å². The van der Waals surface area contributed by atoms with Crippen LogP contribution >= 0.6 is 0 Å². The van der Waals surface area contributed by atoms with Gasteiger partial charge in [0.2, 0.25) is 0 Å². The maximum atomic E-state index is 10.9. The predicted octanol–water partition coefficient (Wildman–Crippen LogP) is -0.898. The summed E-state index contributed by atoms with van der Waals surface area (Å²) in [6.07, 6.45) is -1.03. The third-order valence-corrected chi connectivity index (χ3v) is 1.89. The second-order valence-electron chi connectivity index (χ2n) is 3.00. The van der Waals surface area contributed by atoms with Gasteiger partial charge in [-0.15, -0.1) is 0 Å². The lowest BCUT2D eigenvalue weighted by Gasteiger charge is -2.26. The molecule has 1 amide bonds. The highest BCUT2D eigenvalue weighted by Gasteiger charge is 2.40. The van der Waals surface area contributed by atoms with E-state index < -0.39 is 11.9 Å². The summed E-state index contributed by atoms with van der Waals surface area (Å²) in [6.45, 7) is 3.67. The molecule has 1 aliphatic rings. The van der Waals surface area contributed by atoms with Gasteiger partial charge in [0.15, 0.2) is 6.23 Å². The molecule has 4 nitrogen and oxygen atoms in total. The number of amides is 1. The zero-order valence-corrected chi connectivity index (χ0v) is 6.38. The molecule has 58 valence electrons. The molecule has 1 fully saturated rings. The monoisotopic (exact) mass is 144 g/mol. The van der Waals surface area contributed by atoms with Crippen LogP contribution in [0.15, 0.2) is 0 Å². The maximum absolute atomic E-state index is 10.9. The van der Waals surface area contributed by atoms with Gasteiger partial charge in [-0.3, -0.25) is 10.1 Å². The van der Waals surface area contributed by atoms with Crippen LogP contribution < -0.4 is 5.32 Å². The highest BCUT2D eigenvalue weighted by atomic mass is 16.3. The van der Waals surface area contributed by atoms with Crippen molar-refractivity contribution in [1.82, 2.24) is 10.2 Å². The number of aliphatic hydroxyl groups is 1. The van der Waals surface area contributed by atoms with Crippen molar-refractivity contribution in [3.05, 3.63) is 0 Å². The number of carbonyl (C=O) groups is 1. The molecule has 0 aromatic heterocycles. The molecule has 1 unspecified atom stereocenters. The lowest BCUT2D eigenvalue weighted by Crippen LogP contribution is -2.45. The van der Waals surface area contributed by atoms with Gasteiger partial charge in [-0.05, 0) is 13.8 Å². The quantitative estimate of drug-likeness (QED) is 0.463. The predicted molar refractivity (Wildman–Crippen MR) is 36.0 cm³/mol. The Hall–Kier alpha value is -0.610. The highest BCUT2D eigenvalue weighted by molar-refractivity contribution is 5.82. The smallest absolute Gasteiger partial charge is 0.267 e. The van der Waals surface area contributed by atoms with E-state index in [1.165, 1.54) is 4.90 Å². The SMILES string of the molecule is CN1C(=O)C(O)NC1(C)C. The van der Waals surface area contributed by atoms with Crippen molar-refractivity contribution in [3.8, 4) is 0 Å². The zero-order chi connectivity index (χ0) is 7.94. The topological polar surface area (TPSA) is 52.6 Å². The van der Waals surface area contributed by atoms with Gasteiger partial charge in [0.1, 0.15) is 0 Å². The normalized spacial score (nSPS) is 31.4. The molecule has 1 heterocycles. The van der Waals surface area contributed by atoms with Gasteiger partial charge in [-0.1, -0.05) is 0 Å². The standard InChI is InChI=1S/C6H12N2O2/c1-6(2)7-4(9)5(10)8(6)3/h4,7,9H,1-3H3. The fourth-order valence-electron chi connectivity index (χ4n) is 0.952. The van der Waals surface area contributed by atoms with Crippen molar-refractivity contribution in [2.75, 3.05) is 7.05 Å². The molecule has 4 heteroatoms. The zero-order valence-electron chi connectivity index (χ0n) is 6.38. The van der Waals surface area contributed by atoms with Crippen molar-refractivity contribution >= 4 is 5.91 Å². The van der Waals surface area contributed by atoms with Crippen LogP contribution in [0.25, 0.3) is 0 Å². The average Bonchev–Trinajstić information content (AvgIpc) is 1.95.